The van der Waals surface area contributed by atoms with Crippen LogP contribution in [0, 0.1) is 0 Å². The molecule has 5 N–H and O–H groups in total. The number of fused-ring (bicyclic) bond motifs is 1. The second-order valence-electron chi connectivity index (χ2n) is 8.87. The molecule has 0 saturated carbocycles. The number of rotatable bonds is 9. The molecule has 3 aromatic rings. The molecule has 0 saturated heterocycles. The standard InChI is InChI=1S/C28H30N4O4/c29-16-20-7-4-8-21(13-20)17-30-27(35)22-9-10-24-23(14-22)18-32(12-11-19-5-2-1-3-6-19)28(36)25(31-24)15-26(33)34/h1-10,13-14,25,31H,11-12,15-18,29H2,(H,30,35)(H,33,34)/t25-/m1/s1. The van der Waals surface area contributed by atoms with Crippen molar-refractivity contribution in [3.05, 3.63) is 101 Å². The normalized spacial score (nSPS) is 15.0. The molecule has 1 heterocycles. The van der Waals surface area contributed by atoms with E-state index in [9.17, 15) is 19.5 Å². The van der Waals surface area contributed by atoms with Gasteiger partial charge in [0.2, 0.25) is 5.91 Å². The Balaban J connectivity index is 1.52. The van der Waals surface area contributed by atoms with Crippen molar-refractivity contribution in [2.75, 3.05) is 11.9 Å². The van der Waals surface area contributed by atoms with Gasteiger partial charge in [0.05, 0.1) is 6.42 Å². The molecule has 1 aliphatic heterocycles. The molecule has 186 valence electrons. The van der Waals surface area contributed by atoms with Crippen LogP contribution in [0.5, 0.6) is 0 Å². The van der Waals surface area contributed by atoms with Crippen LogP contribution in [0.4, 0.5) is 5.69 Å². The fourth-order valence-corrected chi connectivity index (χ4v) is 4.32. The second kappa shape index (κ2) is 11.5. The zero-order valence-corrected chi connectivity index (χ0v) is 19.9. The van der Waals surface area contributed by atoms with Gasteiger partial charge in [-0.3, -0.25) is 14.4 Å². The second-order valence-corrected chi connectivity index (χ2v) is 8.87. The van der Waals surface area contributed by atoms with Crippen molar-refractivity contribution >= 4 is 23.5 Å². The lowest BCUT2D eigenvalue weighted by Crippen LogP contribution is -2.42. The monoisotopic (exact) mass is 486 g/mol. The topological polar surface area (TPSA) is 125 Å². The molecule has 0 radical (unpaired) electrons. The van der Waals surface area contributed by atoms with E-state index in [1.54, 1.807) is 23.1 Å². The number of hydrogen-bond acceptors (Lipinski definition) is 5. The van der Waals surface area contributed by atoms with E-state index in [4.69, 9.17) is 5.73 Å². The van der Waals surface area contributed by atoms with Gasteiger partial charge < -0.3 is 26.4 Å². The maximum atomic E-state index is 13.2. The summed E-state index contributed by atoms with van der Waals surface area (Å²) >= 11 is 0. The Morgan fingerprint density at radius 1 is 1.00 bits per heavy atom. The molecule has 36 heavy (non-hydrogen) atoms. The van der Waals surface area contributed by atoms with Gasteiger partial charge in [0, 0.05) is 37.4 Å². The lowest BCUT2D eigenvalue weighted by atomic mass is 10.1. The largest absolute Gasteiger partial charge is 0.481 e. The van der Waals surface area contributed by atoms with Crippen LogP contribution in [-0.4, -0.2) is 40.4 Å². The van der Waals surface area contributed by atoms with Crippen LogP contribution in [0.1, 0.15) is 39.0 Å². The van der Waals surface area contributed by atoms with Gasteiger partial charge in [-0.05, 0) is 46.9 Å². The average Bonchev–Trinajstić information content (AvgIpc) is 3.02. The third-order valence-corrected chi connectivity index (χ3v) is 6.24. The number of carboxylic acids is 1. The summed E-state index contributed by atoms with van der Waals surface area (Å²) in [5.74, 6) is -1.55. The first kappa shape index (κ1) is 24.9. The number of carbonyl (C=O) groups excluding carboxylic acids is 2. The van der Waals surface area contributed by atoms with Crippen LogP contribution in [0.3, 0.4) is 0 Å². The minimum Gasteiger partial charge on any atom is -0.481 e. The number of nitrogens with one attached hydrogen (secondary N) is 2. The van der Waals surface area contributed by atoms with E-state index in [1.165, 1.54) is 0 Å². The van der Waals surface area contributed by atoms with Gasteiger partial charge in [0.1, 0.15) is 6.04 Å². The number of carboxylic acid groups (broad SMARTS) is 1. The zero-order chi connectivity index (χ0) is 25.5. The quantitative estimate of drug-likeness (QED) is 0.369. The van der Waals surface area contributed by atoms with E-state index >= 15 is 0 Å². The molecule has 0 aliphatic carbocycles. The summed E-state index contributed by atoms with van der Waals surface area (Å²) in [6.45, 7) is 1.52. The summed E-state index contributed by atoms with van der Waals surface area (Å²) in [7, 11) is 0. The molecule has 8 nitrogen and oxygen atoms in total. The summed E-state index contributed by atoms with van der Waals surface area (Å²) in [5, 5.41) is 15.4. The number of nitrogens with zero attached hydrogens (tertiary/aromatic N) is 1. The molecule has 3 aromatic carbocycles. The van der Waals surface area contributed by atoms with Crippen molar-refractivity contribution in [1.29, 1.82) is 0 Å². The Morgan fingerprint density at radius 3 is 2.50 bits per heavy atom. The molecule has 4 rings (SSSR count). The molecule has 0 aromatic heterocycles. The van der Waals surface area contributed by atoms with E-state index in [2.05, 4.69) is 10.6 Å². The SMILES string of the molecule is NCc1cccc(CNC(=O)c2ccc3c(c2)CN(CCc2ccccc2)C(=O)[C@@H](CC(=O)O)N3)c1. The van der Waals surface area contributed by atoms with Crippen molar-refractivity contribution < 1.29 is 19.5 Å². The molecule has 8 heteroatoms. The van der Waals surface area contributed by atoms with E-state index < -0.39 is 12.0 Å². The average molecular weight is 487 g/mol. The number of aliphatic carboxylic acids is 1. The van der Waals surface area contributed by atoms with Crippen molar-refractivity contribution in [3.8, 4) is 0 Å². The molecule has 2 amide bonds. The lowest BCUT2D eigenvalue weighted by molar-refractivity contribution is -0.141. The van der Waals surface area contributed by atoms with Crippen LogP contribution >= 0.6 is 0 Å². The number of anilines is 1. The van der Waals surface area contributed by atoms with Gasteiger partial charge >= 0.3 is 5.97 Å². The van der Waals surface area contributed by atoms with E-state index in [0.717, 1.165) is 22.3 Å². The first-order valence-corrected chi connectivity index (χ1v) is 11.9. The van der Waals surface area contributed by atoms with Gasteiger partial charge in [-0.2, -0.15) is 0 Å². The zero-order valence-electron chi connectivity index (χ0n) is 19.9. The molecular weight excluding hydrogens is 456 g/mol. The van der Waals surface area contributed by atoms with Crippen molar-refractivity contribution in [3.63, 3.8) is 0 Å². The first-order valence-electron chi connectivity index (χ1n) is 11.9. The molecule has 1 aliphatic rings. The number of amides is 2. The third-order valence-electron chi connectivity index (χ3n) is 6.24. The highest BCUT2D eigenvalue weighted by molar-refractivity contribution is 5.95. The van der Waals surface area contributed by atoms with Gasteiger partial charge in [-0.1, -0.05) is 54.6 Å². The number of carbonyl (C=O) groups is 3. The van der Waals surface area contributed by atoms with E-state index in [-0.39, 0.29) is 24.8 Å². The van der Waals surface area contributed by atoms with Crippen LogP contribution in [0.2, 0.25) is 0 Å². The summed E-state index contributed by atoms with van der Waals surface area (Å²) in [6.07, 6.45) is 0.313. The van der Waals surface area contributed by atoms with Crippen molar-refractivity contribution in [1.82, 2.24) is 10.2 Å². The Labute approximate surface area is 210 Å². The number of benzene rings is 3. The minimum absolute atomic E-state index is 0.232. The maximum absolute atomic E-state index is 13.2. The van der Waals surface area contributed by atoms with Crippen LogP contribution in [0.25, 0.3) is 0 Å². The van der Waals surface area contributed by atoms with Gasteiger partial charge in [-0.25, -0.2) is 0 Å². The maximum Gasteiger partial charge on any atom is 0.305 e. The molecule has 0 fully saturated rings. The fourth-order valence-electron chi connectivity index (χ4n) is 4.32. The Kier molecular flexibility index (Phi) is 7.97. The first-order chi connectivity index (χ1) is 17.4. The highest BCUT2D eigenvalue weighted by Gasteiger charge is 2.31. The summed E-state index contributed by atoms with van der Waals surface area (Å²) in [4.78, 5) is 39.2. The lowest BCUT2D eigenvalue weighted by Gasteiger charge is -2.24. The van der Waals surface area contributed by atoms with E-state index in [0.29, 0.717) is 37.3 Å². The number of nitrogens with two attached hydrogens (primary N) is 1. The Hall–Kier alpha value is -4.17. The summed E-state index contributed by atoms with van der Waals surface area (Å²) in [6, 6.07) is 21.9. The predicted octanol–water partition coefficient (Wildman–Crippen LogP) is 2.92. The fraction of sp³-hybridized carbons (Fsp3) is 0.250. The van der Waals surface area contributed by atoms with E-state index in [1.807, 2.05) is 54.6 Å². The van der Waals surface area contributed by atoms with Crippen LogP contribution < -0.4 is 16.4 Å². The number of hydrogen-bond donors (Lipinski definition) is 4. The van der Waals surface area contributed by atoms with Gasteiger partial charge in [-0.15, -0.1) is 0 Å². The van der Waals surface area contributed by atoms with Gasteiger partial charge in [0.25, 0.3) is 5.91 Å². The molecular formula is C28H30N4O4. The highest BCUT2D eigenvalue weighted by atomic mass is 16.4. The predicted molar refractivity (Wildman–Crippen MR) is 137 cm³/mol. The summed E-state index contributed by atoms with van der Waals surface area (Å²) in [5.41, 5.74) is 10.6. The van der Waals surface area contributed by atoms with Crippen molar-refractivity contribution in [2.24, 2.45) is 5.73 Å². The van der Waals surface area contributed by atoms with Crippen LogP contribution in [0.15, 0.2) is 72.8 Å². The Morgan fingerprint density at radius 2 is 1.75 bits per heavy atom. The molecule has 0 spiro atoms. The smallest absolute Gasteiger partial charge is 0.305 e. The minimum atomic E-state index is -1.05. The highest BCUT2D eigenvalue weighted by Crippen LogP contribution is 2.26. The summed E-state index contributed by atoms with van der Waals surface area (Å²) < 4.78 is 0. The van der Waals surface area contributed by atoms with Crippen molar-refractivity contribution in [2.45, 2.75) is 38.5 Å². The van der Waals surface area contributed by atoms with Crippen LogP contribution in [-0.2, 0) is 35.6 Å². The molecule has 1 atom stereocenters. The molecule has 0 unspecified atom stereocenters. The Bertz CT molecular complexity index is 1250. The molecule has 0 bridgehead atoms. The third kappa shape index (κ3) is 6.28. The van der Waals surface area contributed by atoms with Gasteiger partial charge in [0.15, 0.2) is 0 Å².